The van der Waals surface area contributed by atoms with Crippen LogP contribution in [-0.2, 0) is 0 Å². The molecule has 1 amide bonds. The van der Waals surface area contributed by atoms with E-state index in [1.807, 2.05) is 23.1 Å². The summed E-state index contributed by atoms with van der Waals surface area (Å²) in [6.45, 7) is 4.04. The van der Waals surface area contributed by atoms with Crippen molar-refractivity contribution in [3.8, 4) is 0 Å². The van der Waals surface area contributed by atoms with E-state index in [0.29, 0.717) is 0 Å². The Balaban J connectivity index is 2.13. The Morgan fingerprint density at radius 2 is 2.21 bits per heavy atom. The fourth-order valence-corrected chi connectivity index (χ4v) is 3.52. The van der Waals surface area contributed by atoms with Crippen molar-refractivity contribution < 1.29 is 4.79 Å². The minimum Gasteiger partial charge on any atom is -0.339 e. The van der Waals surface area contributed by atoms with Crippen molar-refractivity contribution in [3.63, 3.8) is 0 Å². The van der Waals surface area contributed by atoms with E-state index in [2.05, 4.69) is 45.4 Å². The molecule has 1 aromatic rings. The Bertz CT molecular complexity index is 463. The van der Waals surface area contributed by atoms with E-state index in [0.717, 1.165) is 45.5 Å². The van der Waals surface area contributed by atoms with E-state index in [9.17, 15) is 4.79 Å². The minimum absolute atomic E-state index is 0.169. The summed E-state index contributed by atoms with van der Waals surface area (Å²) in [5.41, 5.74) is 0.793. The number of amides is 1. The van der Waals surface area contributed by atoms with E-state index in [1.54, 1.807) is 0 Å². The second-order valence-corrected chi connectivity index (χ2v) is 7.22. The zero-order valence-electron chi connectivity index (χ0n) is 11.2. The molecule has 2 nitrogen and oxygen atoms in total. The summed E-state index contributed by atoms with van der Waals surface area (Å²) in [6, 6.07) is 5.94. The molecule has 4 heteroatoms. The lowest BCUT2D eigenvalue weighted by atomic mass is 9.98. The molecule has 0 radical (unpaired) electrons. The maximum Gasteiger partial charge on any atom is 0.255 e. The molecular weight excluding hydrogens is 417 g/mol. The van der Waals surface area contributed by atoms with Gasteiger partial charge in [-0.05, 0) is 81.9 Å². The first-order chi connectivity index (χ1) is 9.11. The molecule has 19 heavy (non-hydrogen) atoms. The van der Waals surface area contributed by atoms with Crippen molar-refractivity contribution >= 4 is 44.4 Å². The van der Waals surface area contributed by atoms with Gasteiger partial charge in [0, 0.05) is 21.1 Å². The van der Waals surface area contributed by atoms with Crippen LogP contribution < -0.4 is 0 Å². The van der Waals surface area contributed by atoms with Crippen LogP contribution in [0.25, 0.3) is 0 Å². The van der Waals surface area contributed by atoms with Gasteiger partial charge in [0.25, 0.3) is 5.91 Å². The molecule has 2 rings (SSSR count). The van der Waals surface area contributed by atoms with Gasteiger partial charge >= 0.3 is 0 Å². The minimum atomic E-state index is 0.169. The predicted molar refractivity (Wildman–Crippen MR) is 90.4 cm³/mol. The van der Waals surface area contributed by atoms with Crippen molar-refractivity contribution in [3.05, 3.63) is 31.8 Å². The monoisotopic (exact) mass is 435 g/mol. The molecule has 0 N–H and O–H groups in total. The fraction of sp³-hybridized carbons (Fsp3) is 0.533. The Hall–Kier alpha value is -0.100. The molecule has 0 aliphatic carbocycles. The van der Waals surface area contributed by atoms with Gasteiger partial charge in [-0.2, -0.15) is 0 Å². The summed E-state index contributed by atoms with van der Waals surface area (Å²) in [6.07, 6.45) is 4.76. The quantitative estimate of drug-likeness (QED) is 0.616. The fourth-order valence-electron chi connectivity index (χ4n) is 2.61. The summed E-state index contributed by atoms with van der Waals surface area (Å²) < 4.78 is 2.00. The number of hydrogen-bond donors (Lipinski definition) is 0. The van der Waals surface area contributed by atoms with Gasteiger partial charge in [-0.15, -0.1) is 0 Å². The van der Waals surface area contributed by atoms with Crippen LogP contribution in [0, 0.1) is 9.49 Å². The van der Waals surface area contributed by atoms with E-state index >= 15 is 0 Å². The molecule has 1 aliphatic heterocycles. The first-order valence-corrected chi connectivity index (χ1v) is 8.73. The van der Waals surface area contributed by atoms with Crippen LogP contribution in [0.5, 0.6) is 0 Å². The van der Waals surface area contributed by atoms with Crippen molar-refractivity contribution in [1.29, 1.82) is 0 Å². The molecule has 1 aliphatic rings. The van der Waals surface area contributed by atoms with Gasteiger partial charge in [0.15, 0.2) is 0 Å². The second-order valence-electron chi connectivity index (χ2n) is 5.12. The molecule has 1 atom stereocenters. The number of halogens is 2. The SMILES string of the molecule is CCC1CCCN(C(=O)c2cc(I)ccc2Br)CC1. The average Bonchev–Trinajstić information content (AvgIpc) is 2.66. The van der Waals surface area contributed by atoms with Crippen LogP contribution >= 0.6 is 38.5 Å². The van der Waals surface area contributed by atoms with Crippen LogP contribution in [0.2, 0.25) is 0 Å². The molecule has 1 heterocycles. The molecule has 0 bridgehead atoms. The highest BCUT2D eigenvalue weighted by Gasteiger charge is 2.22. The van der Waals surface area contributed by atoms with E-state index in [1.165, 1.54) is 12.8 Å². The van der Waals surface area contributed by atoms with Gasteiger partial charge in [0.05, 0.1) is 5.56 Å². The summed E-state index contributed by atoms with van der Waals surface area (Å²) in [7, 11) is 0. The third-order valence-corrected chi connectivity index (χ3v) is 5.23. The Morgan fingerprint density at radius 1 is 1.42 bits per heavy atom. The topological polar surface area (TPSA) is 20.3 Å². The molecule has 1 aromatic carbocycles. The Kier molecular flexibility index (Phi) is 5.69. The third-order valence-electron chi connectivity index (χ3n) is 3.87. The highest BCUT2D eigenvalue weighted by molar-refractivity contribution is 14.1. The maximum absolute atomic E-state index is 12.6. The molecule has 1 fully saturated rings. The molecule has 0 saturated carbocycles. The lowest BCUT2D eigenvalue weighted by Crippen LogP contribution is -2.32. The van der Waals surface area contributed by atoms with Crippen LogP contribution in [0.15, 0.2) is 22.7 Å². The van der Waals surface area contributed by atoms with E-state index < -0.39 is 0 Å². The molecule has 0 aromatic heterocycles. The first kappa shape index (κ1) is 15.3. The molecular formula is C15H19BrINO. The first-order valence-electron chi connectivity index (χ1n) is 6.86. The van der Waals surface area contributed by atoms with Crippen LogP contribution in [0.3, 0.4) is 0 Å². The standard InChI is InChI=1S/C15H19BrINO/c1-2-11-4-3-8-18(9-7-11)15(19)13-10-12(17)5-6-14(13)16/h5-6,10-11H,2-4,7-9H2,1H3. The van der Waals surface area contributed by atoms with Crippen LogP contribution in [0.1, 0.15) is 43.0 Å². The summed E-state index contributed by atoms with van der Waals surface area (Å²) in [4.78, 5) is 14.6. The summed E-state index contributed by atoms with van der Waals surface area (Å²) in [5, 5.41) is 0. The summed E-state index contributed by atoms with van der Waals surface area (Å²) >= 11 is 5.74. The number of hydrogen-bond acceptors (Lipinski definition) is 1. The van der Waals surface area contributed by atoms with E-state index in [-0.39, 0.29) is 5.91 Å². The van der Waals surface area contributed by atoms with Gasteiger partial charge in [-0.25, -0.2) is 0 Å². The number of carbonyl (C=O) groups is 1. The highest BCUT2D eigenvalue weighted by atomic mass is 127. The van der Waals surface area contributed by atoms with Gasteiger partial charge in [-0.1, -0.05) is 13.3 Å². The normalized spacial score (nSPS) is 20.2. The van der Waals surface area contributed by atoms with Gasteiger partial charge in [-0.3, -0.25) is 4.79 Å². The molecule has 104 valence electrons. The number of carbonyl (C=O) groups excluding carboxylic acids is 1. The van der Waals surface area contributed by atoms with Crippen molar-refractivity contribution in [2.45, 2.75) is 32.6 Å². The Labute approximate surface area is 137 Å². The maximum atomic E-state index is 12.6. The van der Waals surface area contributed by atoms with Crippen molar-refractivity contribution in [2.75, 3.05) is 13.1 Å². The van der Waals surface area contributed by atoms with Crippen molar-refractivity contribution in [1.82, 2.24) is 4.90 Å². The lowest BCUT2D eigenvalue weighted by molar-refractivity contribution is 0.0759. The average molecular weight is 436 g/mol. The van der Waals surface area contributed by atoms with Crippen LogP contribution in [0.4, 0.5) is 0 Å². The van der Waals surface area contributed by atoms with Gasteiger partial charge in [0.1, 0.15) is 0 Å². The molecule has 0 spiro atoms. The number of likely N-dealkylation sites (tertiary alicyclic amines) is 1. The van der Waals surface area contributed by atoms with Gasteiger partial charge in [0.2, 0.25) is 0 Å². The number of benzene rings is 1. The van der Waals surface area contributed by atoms with Gasteiger partial charge < -0.3 is 4.90 Å². The summed E-state index contributed by atoms with van der Waals surface area (Å²) in [5.74, 6) is 0.958. The third kappa shape index (κ3) is 3.94. The second kappa shape index (κ2) is 7.07. The van der Waals surface area contributed by atoms with E-state index in [4.69, 9.17) is 0 Å². The lowest BCUT2D eigenvalue weighted by Gasteiger charge is -2.21. The van der Waals surface area contributed by atoms with Crippen molar-refractivity contribution in [2.24, 2.45) is 5.92 Å². The largest absolute Gasteiger partial charge is 0.339 e. The zero-order chi connectivity index (χ0) is 13.8. The molecule has 1 unspecified atom stereocenters. The molecule has 1 saturated heterocycles. The predicted octanol–water partition coefficient (Wildman–Crippen LogP) is 4.71. The smallest absolute Gasteiger partial charge is 0.255 e. The zero-order valence-corrected chi connectivity index (χ0v) is 14.9. The highest BCUT2D eigenvalue weighted by Crippen LogP contribution is 2.25. The van der Waals surface area contributed by atoms with Crippen LogP contribution in [-0.4, -0.2) is 23.9 Å². The number of nitrogens with zero attached hydrogens (tertiary/aromatic N) is 1. The Morgan fingerprint density at radius 3 is 2.95 bits per heavy atom. The number of rotatable bonds is 2.